The summed E-state index contributed by atoms with van der Waals surface area (Å²) in [4.78, 5) is 23.1. The fourth-order valence-electron chi connectivity index (χ4n) is 2.08. The first kappa shape index (κ1) is 12.5. The zero-order valence-corrected chi connectivity index (χ0v) is 9.91. The molecule has 0 aromatic heterocycles. The van der Waals surface area contributed by atoms with E-state index in [0.717, 1.165) is 25.7 Å². The molecule has 1 aliphatic carbocycles. The molecule has 0 radical (unpaired) electrons. The van der Waals surface area contributed by atoms with Gasteiger partial charge in [0.2, 0.25) is 0 Å². The van der Waals surface area contributed by atoms with Gasteiger partial charge in [-0.05, 0) is 31.0 Å². The van der Waals surface area contributed by atoms with Crippen LogP contribution in [0.1, 0.15) is 25.7 Å². The highest BCUT2D eigenvalue weighted by Gasteiger charge is 2.21. The van der Waals surface area contributed by atoms with Gasteiger partial charge in [0.1, 0.15) is 5.82 Å². The van der Waals surface area contributed by atoms with Crippen molar-refractivity contribution in [3.8, 4) is 0 Å². The number of nitrogens with one attached hydrogen (secondary N) is 2. The highest BCUT2D eigenvalue weighted by atomic mass is 19.1. The maximum absolute atomic E-state index is 12.9. The molecule has 0 spiro atoms. The first-order chi connectivity index (χ1) is 8.65. The lowest BCUT2D eigenvalue weighted by Crippen LogP contribution is -2.40. The Kier molecular flexibility index (Phi) is 3.92. The molecule has 0 saturated heterocycles. The summed E-state index contributed by atoms with van der Waals surface area (Å²) in [7, 11) is 0. The predicted molar refractivity (Wildman–Crippen MR) is 65.4 cm³/mol. The van der Waals surface area contributed by atoms with E-state index in [1.54, 1.807) is 0 Å². The smallest absolute Gasteiger partial charge is 0.313 e. The normalized spacial score (nSPS) is 15.4. The van der Waals surface area contributed by atoms with Crippen LogP contribution >= 0.6 is 0 Å². The average molecular weight is 250 g/mol. The van der Waals surface area contributed by atoms with Crippen molar-refractivity contribution in [2.45, 2.75) is 31.7 Å². The number of carbonyl (C=O) groups excluding carboxylic acids is 2. The summed E-state index contributed by atoms with van der Waals surface area (Å²) in [6.07, 6.45) is 3.99. The number of hydrogen-bond acceptors (Lipinski definition) is 2. The highest BCUT2D eigenvalue weighted by molar-refractivity contribution is 6.39. The van der Waals surface area contributed by atoms with Gasteiger partial charge in [-0.15, -0.1) is 0 Å². The molecule has 1 aromatic rings. The SMILES string of the molecule is O=C(Nc1cccc(F)c1)C(=O)NC1CCCC1. The molecule has 0 atom stereocenters. The monoisotopic (exact) mass is 250 g/mol. The van der Waals surface area contributed by atoms with Crippen LogP contribution < -0.4 is 10.6 Å². The van der Waals surface area contributed by atoms with E-state index in [1.165, 1.54) is 24.3 Å². The second kappa shape index (κ2) is 5.62. The minimum absolute atomic E-state index is 0.0933. The topological polar surface area (TPSA) is 58.2 Å². The van der Waals surface area contributed by atoms with Gasteiger partial charge in [-0.1, -0.05) is 18.9 Å². The van der Waals surface area contributed by atoms with Gasteiger partial charge in [0.25, 0.3) is 0 Å². The standard InChI is InChI=1S/C13H15FN2O2/c14-9-4-3-7-11(8-9)16-13(18)12(17)15-10-5-1-2-6-10/h3-4,7-8,10H,1-2,5-6H2,(H,15,17)(H,16,18). The third kappa shape index (κ3) is 3.29. The van der Waals surface area contributed by atoms with Crippen LogP contribution in [0.2, 0.25) is 0 Å². The van der Waals surface area contributed by atoms with Crippen LogP contribution in [0, 0.1) is 5.82 Å². The Bertz CT molecular complexity index is 456. The molecule has 96 valence electrons. The minimum atomic E-state index is -0.757. The average Bonchev–Trinajstić information content (AvgIpc) is 2.81. The molecule has 1 aromatic carbocycles. The van der Waals surface area contributed by atoms with Crippen LogP contribution in [0.25, 0.3) is 0 Å². The molecular formula is C13H15FN2O2. The molecule has 1 aliphatic rings. The zero-order chi connectivity index (χ0) is 13.0. The zero-order valence-electron chi connectivity index (χ0n) is 9.91. The fourth-order valence-corrected chi connectivity index (χ4v) is 2.08. The summed E-state index contributed by atoms with van der Waals surface area (Å²) < 4.78 is 12.9. The molecule has 18 heavy (non-hydrogen) atoms. The van der Waals surface area contributed by atoms with Gasteiger partial charge in [0.05, 0.1) is 0 Å². The van der Waals surface area contributed by atoms with Gasteiger partial charge < -0.3 is 10.6 Å². The van der Waals surface area contributed by atoms with Crippen LogP contribution in [0.4, 0.5) is 10.1 Å². The Balaban J connectivity index is 1.88. The minimum Gasteiger partial charge on any atom is -0.345 e. The third-order valence-electron chi connectivity index (χ3n) is 2.98. The maximum atomic E-state index is 12.9. The van der Waals surface area contributed by atoms with Crippen molar-refractivity contribution in [1.29, 1.82) is 0 Å². The van der Waals surface area contributed by atoms with Crippen molar-refractivity contribution in [3.05, 3.63) is 30.1 Å². The summed E-state index contributed by atoms with van der Waals surface area (Å²) in [5.41, 5.74) is 0.279. The van der Waals surface area contributed by atoms with Crippen molar-refractivity contribution in [1.82, 2.24) is 5.32 Å². The highest BCUT2D eigenvalue weighted by Crippen LogP contribution is 2.17. The van der Waals surface area contributed by atoms with Crippen LogP contribution in [0.3, 0.4) is 0 Å². The summed E-state index contributed by atoms with van der Waals surface area (Å²) in [5.74, 6) is -1.87. The van der Waals surface area contributed by atoms with E-state index >= 15 is 0 Å². The van der Waals surface area contributed by atoms with Crippen LogP contribution in [0.15, 0.2) is 24.3 Å². The molecule has 0 bridgehead atoms. The van der Waals surface area contributed by atoms with Crippen molar-refractivity contribution < 1.29 is 14.0 Å². The molecule has 1 fully saturated rings. The van der Waals surface area contributed by atoms with Crippen molar-refractivity contribution in [3.63, 3.8) is 0 Å². The van der Waals surface area contributed by atoms with Gasteiger partial charge in [-0.25, -0.2) is 4.39 Å². The first-order valence-electron chi connectivity index (χ1n) is 6.02. The van der Waals surface area contributed by atoms with E-state index in [4.69, 9.17) is 0 Å². The molecular weight excluding hydrogens is 235 g/mol. The quantitative estimate of drug-likeness (QED) is 0.787. The lowest BCUT2D eigenvalue weighted by molar-refractivity contribution is -0.136. The summed E-state index contributed by atoms with van der Waals surface area (Å²) >= 11 is 0. The molecule has 4 nitrogen and oxygen atoms in total. The molecule has 0 heterocycles. The number of halogens is 1. The Labute approximate surface area is 105 Å². The van der Waals surface area contributed by atoms with Crippen LogP contribution in [-0.2, 0) is 9.59 Å². The Morgan fingerprint density at radius 3 is 2.56 bits per heavy atom. The number of anilines is 1. The number of carbonyl (C=O) groups is 2. The Morgan fingerprint density at radius 1 is 1.17 bits per heavy atom. The number of benzene rings is 1. The molecule has 1 saturated carbocycles. The number of rotatable bonds is 2. The predicted octanol–water partition coefficient (Wildman–Crippen LogP) is 1.82. The Hall–Kier alpha value is -1.91. The van der Waals surface area contributed by atoms with E-state index in [1.807, 2.05) is 0 Å². The maximum Gasteiger partial charge on any atom is 0.313 e. The van der Waals surface area contributed by atoms with Gasteiger partial charge in [0, 0.05) is 11.7 Å². The van der Waals surface area contributed by atoms with E-state index in [0.29, 0.717) is 0 Å². The molecule has 5 heteroatoms. The van der Waals surface area contributed by atoms with Crippen molar-refractivity contribution >= 4 is 17.5 Å². The van der Waals surface area contributed by atoms with Gasteiger partial charge in [-0.3, -0.25) is 9.59 Å². The molecule has 2 amide bonds. The third-order valence-corrected chi connectivity index (χ3v) is 2.98. The van der Waals surface area contributed by atoms with E-state index in [2.05, 4.69) is 10.6 Å². The van der Waals surface area contributed by atoms with Gasteiger partial charge in [0.15, 0.2) is 0 Å². The van der Waals surface area contributed by atoms with E-state index < -0.39 is 17.6 Å². The van der Waals surface area contributed by atoms with Crippen molar-refractivity contribution in [2.75, 3.05) is 5.32 Å². The van der Waals surface area contributed by atoms with E-state index in [9.17, 15) is 14.0 Å². The molecule has 0 unspecified atom stereocenters. The van der Waals surface area contributed by atoms with Gasteiger partial charge >= 0.3 is 11.8 Å². The van der Waals surface area contributed by atoms with E-state index in [-0.39, 0.29) is 11.7 Å². The van der Waals surface area contributed by atoms with Crippen molar-refractivity contribution in [2.24, 2.45) is 0 Å². The summed E-state index contributed by atoms with van der Waals surface area (Å²) in [5, 5.41) is 5.03. The Morgan fingerprint density at radius 2 is 1.89 bits per heavy atom. The molecule has 0 aliphatic heterocycles. The second-order valence-corrected chi connectivity index (χ2v) is 4.42. The summed E-state index contributed by atoms with van der Waals surface area (Å²) in [6.45, 7) is 0. The molecule has 2 N–H and O–H groups in total. The second-order valence-electron chi connectivity index (χ2n) is 4.42. The van der Waals surface area contributed by atoms with Crippen LogP contribution in [-0.4, -0.2) is 17.9 Å². The van der Waals surface area contributed by atoms with Crippen LogP contribution in [0.5, 0.6) is 0 Å². The lowest BCUT2D eigenvalue weighted by atomic mass is 10.2. The fraction of sp³-hybridized carbons (Fsp3) is 0.385. The lowest BCUT2D eigenvalue weighted by Gasteiger charge is -2.11. The number of amides is 2. The number of hydrogen-bond donors (Lipinski definition) is 2. The molecule has 2 rings (SSSR count). The first-order valence-corrected chi connectivity index (χ1v) is 6.02. The largest absolute Gasteiger partial charge is 0.345 e. The summed E-state index contributed by atoms with van der Waals surface area (Å²) in [6, 6.07) is 5.54. The van der Waals surface area contributed by atoms with Gasteiger partial charge in [-0.2, -0.15) is 0 Å².